The molecule has 0 amide bonds. The molecule has 0 saturated carbocycles. The highest BCUT2D eigenvalue weighted by molar-refractivity contribution is 5.48. The van der Waals surface area contributed by atoms with Crippen LogP contribution in [0.3, 0.4) is 0 Å². The molecule has 1 aromatic carbocycles. The molecule has 0 unspecified atom stereocenters. The van der Waals surface area contributed by atoms with Crippen LogP contribution in [-0.4, -0.2) is 19.0 Å². The Balaban J connectivity index is 2.17. The van der Waals surface area contributed by atoms with E-state index in [0.717, 1.165) is 12.1 Å². The lowest BCUT2D eigenvalue weighted by atomic mass is 10.2. The fourth-order valence-corrected chi connectivity index (χ4v) is 1.41. The number of hydrazine groups is 3. The highest BCUT2D eigenvalue weighted by Crippen LogP contribution is 2.31. The molecule has 0 aromatic heterocycles. The monoisotopic (exact) mass is 248 g/mol. The number of alkyl halides is 3. The number of nitrogens with zero attached hydrogens (tertiary/aromatic N) is 2. The van der Waals surface area contributed by atoms with Gasteiger partial charge in [-0.1, -0.05) is 11.2 Å². The molecule has 0 radical (unpaired) electrons. The second-order valence-electron chi connectivity index (χ2n) is 3.40. The molecule has 2 rings (SSSR count). The molecule has 17 heavy (non-hydrogen) atoms. The summed E-state index contributed by atoms with van der Waals surface area (Å²) in [6.07, 6.45) is -4.34. The van der Waals surface area contributed by atoms with Gasteiger partial charge in [-0.15, -0.1) is 5.53 Å². The smallest absolute Gasteiger partial charge is 0.284 e. The SMILES string of the molecule is CON1CN(c2cccc(C(F)(F)F)c2)NN1. The molecule has 0 aliphatic carbocycles. The second-order valence-corrected chi connectivity index (χ2v) is 3.40. The Hall–Kier alpha value is -1.35. The molecular weight excluding hydrogens is 237 g/mol. The Morgan fingerprint density at radius 1 is 1.29 bits per heavy atom. The normalized spacial score (nSPS) is 17.8. The van der Waals surface area contributed by atoms with E-state index in [2.05, 4.69) is 11.1 Å². The van der Waals surface area contributed by atoms with Gasteiger partial charge in [0.15, 0.2) is 0 Å². The van der Waals surface area contributed by atoms with Crippen molar-refractivity contribution in [1.82, 2.24) is 16.2 Å². The van der Waals surface area contributed by atoms with Gasteiger partial charge >= 0.3 is 6.18 Å². The van der Waals surface area contributed by atoms with Gasteiger partial charge in [-0.25, -0.2) is 0 Å². The molecule has 0 atom stereocenters. The maximum atomic E-state index is 12.5. The average molecular weight is 248 g/mol. The molecule has 1 saturated heterocycles. The fraction of sp³-hybridized carbons (Fsp3) is 0.333. The van der Waals surface area contributed by atoms with Crippen molar-refractivity contribution in [2.24, 2.45) is 0 Å². The van der Waals surface area contributed by atoms with Crippen LogP contribution in [0.4, 0.5) is 18.9 Å². The first-order chi connectivity index (χ1) is 8.00. The Morgan fingerprint density at radius 2 is 2.06 bits per heavy atom. The van der Waals surface area contributed by atoms with Gasteiger partial charge in [0, 0.05) is 0 Å². The van der Waals surface area contributed by atoms with Crippen LogP contribution in [0.5, 0.6) is 0 Å². The van der Waals surface area contributed by atoms with Crippen molar-refractivity contribution in [3.8, 4) is 0 Å². The molecule has 94 valence electrons. The first-order valence-electron chi connectivity index (χ1n) is 4.78. The zero-order valence-corrected chi connectivity index (χ0v) is 8.95. The summed E-state index contributed by atoms with van der Waals surface area (Å²) in [5.74, 6) is 0. The van der Waals surface area contributed by atoms with E-state index in [4.69, 9.17) is 4.84 Å². The van der Waals surface area contributed by atoms with Crippen LogP contribution in [0.1, 0.15) is 5.56 Å². The van der Waals surface area contributed by atoms with E-state index < -0.39 is 11.7 Å². The van der Waals surface area contributed by atoms with Crippen molar-refractivity contribution in [2.75, 3.05) is 18.8 Å². The molecule has 1 aromatic rings. The third-order valence-corrected chi connectivity index (χ3v) is 2.29. The average Bonchev–Trinajstić information content (AvgIpc) is 2.76. The van der Waals surface area contributed by atoms with E-state index in [9.17, 15) is 13.2 Å². The lowest BCUT2D eigenvalue weighted by molar-refractivity contribution is -0.154. The van der Waals surface area contributed by atoms with E-state index in [-0.39, 0.29) is 6.67 Å². The highest BCUT2D eigenvalue weighted by Gasteiger charge is 2.31. The van der Waals surface area contributed by atoms with Crippen molar-refractivity contribution < 1.29 is 18.0 Å². The number of hydroxylamine groups is 1. The van der Waals surface area contributed by atoms with Crippen molar-refractivity contribution >= 4 is 5.69 Å². The van der Waals surface area contributed by atoms with E-state index >= 15 is 0 Å². The minimum atomic E-state index is -4.34. The van der Waals surface area contributed by atoms with Crippen LogP contribution in [0, 0.1) is 0 Å². The van der Waals surface area contributed by atoms with Gasteiger partial charge < -0.3 is 0 Å². The predicted molar refractivity (Wildman–Crippen MR) is 53.9 cm³/mol. The number of halogens is 3. The van der Waals surface area contributed by atoms with Crippen molar-refractivity contribution in [1.29, 1.82) is 0 Å². The number of nitrogens with one attached hydrogen (secondary N) is 2. The molecule has 1 aliphatic heterocycles. The summed E-state index contributed by atoms with van der Waals surface area (Å²) in [4.78, 5) is 4.86. The molecule has 0 bridgehead atoms. The van der Waals surface area contributed by atoms with E-state index in [1.165, 1.54) is 23.4 Å². The predicted octanol–water partition coefficient (Wildman–Crippen LogP) is 1.27. The lowest BCUT2D eigenvalue weighted by Gasteiger charge is -2.17. The lowest BCUT2D eigenvalue weighted by Crippen LogP contribution is -2.38. The van der Waals surface area contributed by atoms with Crippen LogP contribution in [0.25, 0.3) is 0 Å². The van der Waals surface area contributed by atoms with Crippen molar-refractivity contribution in [2.45, 2.75) is 6.18 Å². The Kier molecular flexibility index (Phi) is 3.20. The molecule has 5 nitrogen and oxygen atoms in total. The first kappa shape index (κ1) is 12.1. The minimum Gasteiger partial charge on any atom is -0.284 e. The second kappa shape index (κ2) is 4.49. The number of hydrogen-bond acceptors (Lipinski definition) is 5. The summed E-state index contributed by atoms with van der Waals surface area (Å²) < 4.78 is 37.5. The minimum absolute atomic E-state index is 0.262. The number of hydrogen-bond donors (Lipinski definition) is 2. The summed E-state index contributed by atoms with van der Waals surface area (Å²) in [6, 6.07) is 5.02. The van der Waals surface area contributed by atoms with Gasteiger partial charge in [-0.05, 0) is 18.2 Å². The van der Waals surface area contributed by atoms with Gasteiger partial charge in [-0.2, -0.15) is 18.7 Å². The quantitative estimate of drug-likeness (QED) is 0.824. The number of anilines is 1. The fourth-order valence-electron chi connectivity index (χ4n) is 1.41. The molecule has 1 fully saturated rings. The molecule has 8 heteroatoms. The maximum Gasteiger partial charge on any atom is 0.416 e. The van der Waals surface area contributed by atoms with Crippen LogP contribution < -0.4 is 16.1 Å². The third-order valence-electron chi connectivity index (χ3n) is 2.29. The van der Waals surface area contributed by atoms with Gasteiger partial charge in [0.05, 0.1) is 18.4 Å². The van der Waals surface area contributed by atoms with Gasteiger partial charge in [-0.3, -0.25) is 9.85 Å². The largest absolute Gasteiger partial charge is 0.416 e. The molecular formula is C9H11F3N4O. The standard InChI is InChI=1S/C9H11F3N4O/c1-17-16-6-15(13-14-16)8-4-2-3-7(5-8)9(10,11)12/h2-5,13-14H,6H2,1H3. The zero-order valence-electron chi connectivity index (χ0n) is 8.95. The number of rotatable bonds is 2. The maximum absolute atomic E-state index is 12.5. The van der Waals surface area contributed by atoms with Crippen LogP contribution >= 0.6 is 0 Å². The van der Waals surface area contributed by atoms with Crippen LogP contribution in [0.2, 0.25) is 0 Å². The summed E-state index contributed by atoms with van der Waals surface area (Å²) in [7, 11) is 1.45. The summed E-state index contributed by atoms with van der Waals surface area (Å²) in [5, 5.41) is 2.82. The Bertz CT molecular complexity index is 398. The Labute approximate surface area is 95.6 Å². The van der Waals surface area contributed by atoms with Gasteiger partial charge in [0.1, 0.15) is 6.67 Å². The number of benzene rings is 1. The van der Waals surface area contributed by atoms with E-state index in [1.54, 1.807) is 6.07 Å². The van der Waals surface area contributed by atoms with Gasteiger partial charge in [0.25, 0.3) is 0 Å². The Morgan fingerprint density at radius 3 is 2.65 bits per heavy atom. The molecule has 1 heterocycles. The summed E-state index contributed by atoms with van der Waals surface area (Å²) in [6.45, 7) is 0.262. The van der Waals surface area contributed by atoms with Crippen LogP contribution in [0.15, 0.2) is 24.3 Å². The third kappa shape index (κ3) is 2.67. The van der Waals surface area contributed by atoms with E-state index in [1.807, 2.05) is 0 Å². The van der Waals surface area contributed by atoms with Crippen molar-refractivity contribution in [3.05, 3.63) is 29.8 Å². The molecule has 0 spiro atoms. The molecule has 2 N–H and O–H groups in total. The topological polar surface area (TPSA) is 39.8 Å². The molecule has 1 aliphatic rings. The first-order valence-corrected chi connectivity index (χ1v) is 4.78. The highest BCUT2D eigenvalue weighted by atomic mass is 19.4. The van der Waals surface area contributed by atoms with Gasteiger partial charge in [0.2, 0.25) is 0 Å². The van der Waals surface area contributed by atoms with E-state index in [0.29, 0.717) is 5.69 Å². The summed E-state index contributed by atoms with van der Waals surface area (Å²) in [5.41, 5.74) is 5.00. The summed E-state index contributed by atoms with van der Waals surface area (Å²) >= 11 is 0. The zero-order chi connectivity index (χ0) is 12.5. The van der Waals surface area contributed by atoms with Crippen molar-refractivity contribution in [3.63, 3.8) is 0 Å². The van der Waals surface area contributed by atoms with Crippen LogP contribution in [-0.2, 0) is 11.0 Å².